The molecule has 1 saturated heterocycles. The first kappa shape index (κ1) is 25.9. The summed E-state index contributed by atoms with van der Waals surface area (Å²) in [7, 11) is 0. The average Bonchev–Trinajstić information content (AvgIpc) is 3.47. The molecule has 0 bridgehead atoms. The number of rotatable bonds is 9. The van der Waals surface area contributed by atoms with E-state index in [0.29, 0.717) is 16.8 Å². The molecule has 3 amide bonds. The third-order valence-electron chi connectivity index (χ3n) is 6.81. The molecule has 3 N–H and O–H groups in total. The number of amides is 3. The van der Waals surface area contributed by atoms with Crippen LogP contribution in [0.3, 0.4) is 0 Å². The van der Waals surface area contributed by atoms with E-state index in [-0.39, 0.29) is 23.6 Å². The zero-order valence-corrected chi connectivity index (χ0v) is 21.4. The Kier molecular flexibility index (Phi) is 8.56. The lowest BCUT2D eigenvalue weighted by Crippen LogP contribution is -2.47. The van der Waals surface area contributed by atoms with Crippen molar-refractivity contribution in [2.75, 3.05) is 28.6 Å². The summed E-state index contributed by atoms with van der Waals surface area (Å²) in [6, 6.07) is 22.7. The van der Waals surface area contributed by atoms with Gasteiger partial charge in [0.1, 0.15) is 6.04 Å². The van der Waals surface area contributed by atoms with Crippen molar-refractivity contribution < 1.29 is 14.4 Å². The van der Waals surface area contributed by atoms with Gasteiger partial charge in [-0.3, -0.25) is 14.4 Å². The van der Waals surface area contributed by atoms with Crippen LogP contribution in [0.25, 0.3) is 0 Å². The van der Waals surface area contributed by atoms with Crippen LogP contribution in [0.15, 0.2) is 78.9 Å². The number of anilines is 3. The zero-order chi connectivity index (χ0) is 26.2. The highest BCUT2D eigenvalue weighted by molar-refractivity contribution is 6.05. The quantitative estimate of drug-likeness (QED) is 0.372. The topological polar surface area (TPSA) is 90.5 Å². The molecule has 0 aliphatic carbocycles. The van der Waals surface area contributed by atoms with E-state index < -0.39 is 6.04 Å². The number of carbonyl (C=O) groups excluding carboxylic acids is 3. The molecule has 1 aliphatic heterocycles. The number of nitrogens with zero attached hydrogens (tertiary/aromatic N) is 1. The number of nitrogens with one attached hydrogen (secondary N) is 3. The minimum atomic E-state index is -0.689. The summed E-state index contributed by atoms with van der Waals surface area (Å²) >= 11 is 0. The lowest BCUT2D eigenvalue weighted by atomic mass is 9.97. The minimum Gasteiger partial charge on any atom is -0.371 e. The second kappa shape index (κ2) is 12.2. The monoisotopic (exact) mass is 498 g/mol. The molecule has 192 valence electrons. The molecule has 1 fully saturated rings. The number of benzene rings is 3. The lowest BCUT2D eigenvalue weighted by Gasteiger charge is -2.24. The predicted octanol–water partition coefficient (Wildman–Crippen LogP) is 5.32. The lowest BCUT2D eigenvalue weighted by molar-refractivity contribution is -0.119. The Bertz CT molecular complexity index is 1220. The van der Waals surface area contributed by atoms with E-state index in [9.17, 15) is 14.4 Å². The van der Waals surface area contributed by atoms with Crippen molar-refractivity contribution in [2.24, 2.45) is 5.92 Å². The molecule has 7 heteroatoms. The summed E-state index contributed by atoms with van der Waals surface area (Å²) in [5.74, 6) is -0.865. The maximum Gasteiger partial charge on any atom is 0.255 e. The number of carbonyl (C=O) groups is 3. The van der Waals surface area contributed by atoms with Crippen LogP contribution in [0.2, 0.25) is 0 Å². The van der Waals surface area contributed by atoms with Gasteiger partial charge in [-0.05, 0) is 73.4 Å². The molecule has 0 unspecified atom stereocenters. The van der Waals surface area contributed by atoms with Crippen molar-refractivity contribution in [2.45, 2.75) is 39.2 Å². The Balaban J connectivity index is 1.40. The van der Waals surface area contributed by atoms with Crippen molar-refractivity contribution in [3.8, 4) is 0 Å². The van der Waals surface area contributed by atoms with E-state index in [4.69, 9.17) is 0 Å². The van der Waals surface area contributed by atoms with Gasteiger partial charge in [0.05, 0.1) is 0 Å². The van der Waals surface area contributed by atoms with Gasteiger partial charge in [-0.1, -0.05) is 44.5 Å². The van der Waals surface area contributed by atoms with Crippen LogP contribution in [0.1, 0.15) is 53.8 Å². The van der Waals surface area contributed by atoms with E-state index in [2.05, 4.69) is 26.9 Å². The van der Waals surface area contributed by atoms with Crippen molar-refractivity contribution >= 4 is 34.8 Å². The van der Waals surface area contributed by atoms with Gasteiger partial charge in [-0.15, -0.1) is 0 Å². The maximum absolute atomic E-state index is 13.2. The minimum absolute atomic E-state index is 0.0600. The molecular weight excluding hydrogens is 464 g/mol. The standard InChI is InChI=1S/C30H34N4O3/c1-3-21(2)27(30(37)32-25-12-9-13-26(20-25)34-18-7-8-19-34)33-29(36)23-14-16-24(17-15-23)31-28(35)22-10-5-4-6-11-22/h4-6,9-17,20-21,27H,3,7-8,18-19H2,1-2H3,(H,31,35)(H,32,37)(H,33,36)/t21-,27-/m1/s1. The van der Waals surface area contributed by atoms with E-state index in [1.807, 2.05) is 38.1 Å². The first-order valence-electron chi connectivity index (χ1n) is 12.9. The number of hydrogen-bond donors (Lipinski definition) is 3. The second-order valence-corrected chi connectivity index (χ2v) is 9.47. The van der Waals surface area contributed by atoms with Gasteiger partial charge >= 0.3 is 0 Å². The fourth-order valence-electron chi connectivity index (χ4n) is 4.40. The van der Waals surface area contributed by atoms with E-state index in [0.717, 1.165) is 30.9 Å². The van der Waals surface area contributed by atoms with Gasteiger partial charge < -0.3 is 20.9 Å². The van der Waals surface area contributed by atoms with Crippen LogP contribution < -0.4 is 20.9 Å². The molecule has 0 radical (unpaired) electrons. The van der Waals surface area contributed by atoms with Crippen LogP contribution in [-0.4, -0.2) is 36.9 Å². The summed E-state index contributed by atoms with van der Waals surface area (Å²) in [5, 5.41) is 8.73. The third kappa shape index (κ3) is 6.76. The molecule has 2 atom stereocenters. The normalized spacial score (nSPS) is 14.5. The van der Waals surface area contributed by atoms with Crippen LogP contribution in [0.5, 0.6) is 0 Å². The van der Waals surface area contributed by atoms with E-state index >= 15 is 0 Å². The highest BCUT2D eigenvalue weighted by Gasteiger charge is 2.27. The molecule has 3 aromatic carbocycles. The molecule has 0 spiro atoms. The van der Waals surface area contributed by atoms with Gasteiger partial charge in [-0.25, -0.2) is 0 Å². The summed E-state index contributed by atoms with van der Waals surface area (Å²) < 4.78 is 0. The molecule has 4 rings (SSSR count). The highest BCUT2D eigenvalue weighted by Crippen LogP contribution is 2.24. The smallest absolute Gasteiger partial charge is 0.255 e. The van der Waals surface area contributed by atoms with Gasteiger partial charge in [0.2, 0.25) is 5.91 Å². The Morgan fingerprint density at radius 2 is 1.46 bits per heavy atom. The predicted molar refractivity (Wildman–Crippen MR) is 148 cm³/mol. The van der Waals surface area contributed by atoms with Crippen molar-refractivity contribution in [1.82, 2.24) is 5.32 Å². The molecule has 3 aromatic rings. The number of hydrogen-bond acceptors (Lipinski definition) is 4. The summed E-state index contributed by atoms with van der Waals surface area (Å²) in [6.07, 6.45) is 3.09. The molecule has 37 heavy (non-hydrogen) atoms. The average molecular weight is 499 g/mol. The zero-order valence-electron chi connectivity index (χ0n) is 21.4. The summed E-state index contributed by atoms with van der Waals surface area (Å²) in [6.45, 7) is 6.00. The van der Waals surface area contributed by atoms with Crippen molar-refractivity contribution in [3.05, 3.63) is 90.0 Å². The molecule has 7 nitrogen and oxygen atoms in total. The fourth-order valence-corrected chi connectivity index (χ4v) is 4.40. The Morgan fingerprint density at radius 1 is 0.784 bits per heavy atom. The van der Waals surface area contributed by atoms with Crippen LogP contribution in [0.4, 0.5) is 17.1 Å². The maximum atomic E-state index is 13.2. The molecule has 1 heterocycles. The largest absolute Gasteiger partial charge is 0.371 e. The molecule has 1 aliphatic rings. The Labute approximate surface area is 218 Å². The van der Waals surface area contributed by atoms with E-state index in [1.165, 1.54) is 12.8 Å². The van der Waals surface area contributed by atoms with E-state index in [1.54, 1.807) is 48.5 Å². The molecule has 0 aromatic heterocycles. The summed E-state index contributed by atoms with van der Waals surface area (Å²) in [4.78, 5) is 41.0. The molecule has 0 saturated carbocycles. The van der Waals surface area contributed by atoms with Gasteiger partial charge in [0.25, 0.3) is 11.8 Å². The van der Waals surface area contributed by atoms with Crippen LogP contribution in [0, 0.1) is 5.92 Å². The van der Waals surface area contributed by atoms with Gasteiger partial charge in [0, 0.05) is 41.3 Å². The first-order valence-corrected chi connectivity index (χ1v) is 12.9. The molecular formula is C30H34N4O3. The Morgan fingerprint density at radius 3 is 2.14 bits per heavy atom. The SMILES string of the molecule is CC[C@@H](C)[C@@H](NC(=O)c1ccc(NC(=O)c2ccccc2)cc1)C(=O)Nc1cccc(N2CCCC2)c1. The van der Waals surface area contributed by atoms with Crippen molar-refractivity contribution in [3.63, 3.8) is 0 Å². The van der Waals surface area contributed by atoms with Gasteiger partial charge in [-0.2, -0.15) is 0 Å². The van der Waals surface area contributed by atoms with Crippen LogP contribution >= 0.6 is 0 Å². The second-order valence-electron chi connectivity index (χ2n) is 9.47. The first-order chi connectivity index (χ1) is 17.9. The third-order valence-corrected chi connectivity index (χ3v) is 6.81. The van der Waals surface area contributed by atoms with Crippen molar-refractivity contribution in [1.29, 1.82) is 0 Å². The van der Waals surface area contributed by atoms with Gasteiger partial charge in [0.15, 0.2) is 0 Å². The Hall–Kier alpha value is -4.13. The highest BCUT2D eigenvalue weighted by atomic mass is 16.2. The van der Waals surface area contributed by atoms with Crippen LogP contribution in [-0.2, 0) is 4.79 Å². The fraction of sp³-hybridized carbons (Fsp3) is 0.300. The summed E-state index contributed by atoms with van der Waals surface area (Å²) in [5.41, 5.74) is 3.36.